The summed E-state index contributed by atoms with van der Waals surface area (Å²) in [5.74, 6) is 0. The van der Waals surface area contributed by atoms with E-state index in [0.717, 1.165) is 17.1 Å². The van der Waals surface area contributed by atoms with Crippen molar-refractivity contribution in [3.05, 3.63) is 200 Å². The molecule has 0 saturated heterocycles. The number of hydrogen-bond acceptors (Lipinski definition) is 1. The average molecular weight is 600 g/mol. The number of nitrogens with zero attached hydrogens (tertiary/aromatic N) is 1. The maximum absolute atomic E-state index is 2.33. The van der Waals surface area contributed by atoms with Crippen molar-refractivity contribution in [2.24, 2.45) is 0 Å². The van der Waals surface area contributed by atoms with Crippen molar-refractivity contribution in [3.63, 3.8) is 0 Å². The van der Waals surface area contributed by atoms with Gasteiger partial charge in [-0.2, -0.15) is 0 Å². The van der Waals surface area contributed by atoms with Crippen LogP contribution in [-0.2, 0) is 0 Å². The Balaban J connectivity index is 1.12. The molecule has 1 heteroatoms. The van der Waals surface area contributed by atoms with E-state index < -0.39 is 0 Å². The first kappa shape index (κ1) is 28.3. The van der Waals surface area contributed by atoms with Gasteiger partial charge >= 0.3 is 0 Å². The topological polar surface area (TPSA) is 3.24 Å². The molecule has 1 nitrogen and oxygen atoms in total. The number of rotatable bonds is 7. The van der Waals surface area contributed by atoms with Crippen LogP contribution in [0.1, 0.15) is 0 Å². The van der Waals surface area contributed by atoms with Gasteiger partial charge in [0.1, 0.15) is 0 Å². The van der Waals surface area contributed by atoms with Crippen LogP contribution < -0.4 is 4.90 Å². The van der Waals surface area contributed by atoms with Crippen LogP contribution in [-0.4, -0.2) is 0 Å². The molecule has 0 aromatic heterocycles. The molecule has 8 aromatic carbocycles. The molecule has 0 unspecified atom stereocenters. The molecule has 0 heterocycles. The first-order chi connectivity index (χ1) is 23.3. The van der Waals surface area contributed by atoms with Gasteiger partial charge in [0.25, 0.3) is 0 Å². The molecule has 0 radical (unpaired) electrons. The number of hydrogen-bond donors (Lipinski definition) is 0. The van der Waals surface area contributed by atoms with E-state index in [0.29, 0.717) is 0 Å². The Hall–Kier alpha value is -6.18. The minimum absolute atomic E-state index is 1.11. The lowest BCUT2D eigenvalue weighted by Crippen LogP contribution is -2.09. The van der Waals surface area contributed by atoms with Crippen molar-refractivity contribution in [3.8, 4) is 44.5 Å². The molecule has 0 N–H and O–H groups in total. The molecular formula is C46H33N. The van der Waals surface area contributed by atoms with Crippen LogP contribution in [0.25, 0.3) is 55.3 Å². The minimum Gasteiger partial charge on any atom is -0.310 e. The maximum atomic E-state index is 2.33. The summed E-state index contributed by atoms with van der Waals surface area (Å²) in [6.45, 7) is 0. The Labute approximate surface area is 276 Å². The first-order valence-electron chi connectivity index (χ1n) is 16.1. The summed E-state index contributed by atoms with van der Waals surface area (Å²) in [6.07, 6.45) is 0. The maximum Gasteiger partial charge on any atom is 0.0467 e. The molecule has 47 heavy (non-hydrogen) atoms. The number of benzene rings is 8. The molecule has 0 amide bonds. The van der Waals surface area contributed by atoms with Gasteiger partial charge < -0.3 is 4.90 Å². The van der Waals surface area contributed by atoms with Crippen molar-refractivity contribution in [1.82, 2.24) is 0 Å². The Morgan fingerprint density at radius 1 is 0.234 bits per heavy atom. The van der Waals surface area contributed by atoms with E-state index >= 15 is 0 Å². The average Bonchev–Trinajstić information content (AvgIpc) is 3.16. The highest BCUT2D eigenvalue weighted by Crippen LogP contribution is 2.39. The second-order valence-corrected chi connectivity index (χ2v) is 11.8. The Morgan fingerprint density at radius 2 is 0.702 bits per heavy atom. The molecule has 0 aliphatic heterocycles. The van der Waals surface area contributed by atoms with E-state index in [1.165, 1.54) is 55.3 Å². The van der Waals surface area contributed by atoms with Gasteiger partial charge in [-0.25, -0.2) is 0 Å². The first-order valence-corrected chi connectivity index (χ1v) is 16.1. The highest BCUT2D eigenvalue weighted by Gasteiger charge is 2.15. The van der Waals surface area contributed by atoms with Crippen LogP contribution in [0.15, 0.2) is 200 Å². The summed E-state index contributed by atoms with van der Waals surface area (Å²) >= 11 is 0. The fourth-order valence-corrected chi connectivity index (χ4v) is 6.47. The lowest BCUT2D eigenvalue weighted by molar-refractivity contribution is 1.28. The van der Waals surface area contributed by atoms with Gasteiger partial charge in [-0.15, -0.1) is 0 Å². The second-order valence-electron chi connectivity index (χ2n) is 11.8. The van der Waals surface area contributed by atoms with Crippen molar-refractivity contribution in [1.29, 1.82) is 0 Å². The number of fused-ring (bicyclic) bond motifs is 1. The smallest absolute Gasteiger partial charge is 0.0467 e. The van der Waals surface area contributed by atoms with E-state index in [1.807, 2.05) is 0 Å². The summed E-state index contributed by atoms with van der Waals surface area (Å²) in [7, 11) is 0. The zero-order valence-electron chi connectivity index (χ0n) is 26.0. The van der Waals surface area contributed by atoms with Crippen molar-refractivity contribution in [2.45, 2.75) is 0 Å². The normalized spacial score (nSPS) is 11.0. The van der Waals surface area contributed by atoms with Crippen molar-refractivity contribution < 1.29 is 0 Å². The van der Waals surface area contributed by atoms with E-state index in [1.54, 1.807) is 0 Å². The zero-order chi connectivity index (χ0) is 31.4. The molecule has 0 aliphatic carbocycles. The van der Waals surface area contributed by atoms with Gasteiger partial charge in [-0.3, -0.25) is 0 Å². The highest BCUT2D eigenvalue weighted by molar-refractivity contribution is 5.89. The summed E-state index contributed by atoms with van der Waals surface area (Å²) < 4.78 is 0. The third-order valence-electron chi connectivity index (χ3n) is 8.87. The van der Waals surface area contributed by atoms with E-state index in [-0.39, 0.29) is 0 Å². The standard InChI is InChI=1S/C46H33N/c1-3-13-38(14-4-1)45-20-9-10-21-46(45)41-16-11-19-44(33-41)47(42-17-5-2-6-18-42)43-30-28-36(29-31-43)35-22-24-37(25-23-35)40-27-26-34-12-7-8-15-39(34)32-40/h1-33H. The minimum atomic E-state index is 1.11. The van der Waals surface area contributed by atoms with Crippen LogP contribution in [0.4, 0.5) is 17.1 Å². The molecule has 0 fully saturated rings. The largest absolute Gasteiger partial charge is 0.310 e. The van der Waals surface area contributed by atoms with E-state index in [2.05, 4.69) is 205 Å². The molecule has 8 aromatic rings. The molecule has 0 bridgehead atoms. The molecule has 222 valence electrons. The molecule has 8 rings (SSSR count). The van der Waals surface area contributed by atoms with E-state index in [9.17, 15) is 0 Å². The monoisotopic (exact) mass is 599 g/mol. The predicted molar refractivity (Wildman–Crippen MR) is 200 cm³/mol. The Kier molecular flexibility index (Phi) is 7.63. The van der Waals surface area contributed by atoms with Crippen LogP contribution in [0, 0.1) is 0 Å². The van der Waals surface area contributed by atoms with Gasteiger partial charge in [-0.1, -0.05) is 158 Å². The van der Waals surface area contributed by atoms with Crippen LogP contribution in [0.2, 0.25) is 0 Å². The molecule has 0 aliphatic rings. The molecule has 0 saturated carbocycles. The molecular weight excluding hydrogens is 567 g/mol. The molecule has 0 spiro atoms. The fraction of sp³-hybridized carbons (Fsp3) is 0. The van der Waals surface area contributed by atoms with Gasteiger partial charge in [0.15, 0.2) is 0 Å². The van der Waals surface area contributed by atoms with E-state index in [4.69, 9.17) is 0 Å². The fourth-order valence-electron chi connectivity index (χ4n) is 6.47. The second kappa shape index (κ2) is 12.7. The van der Waals surface area contributed by atoms with Crippen molar-refractivity contribution in [2.75, 3.05) is 4.90 Å². The number of para-hydroxylation sites is 1. The van der Waals surface area contributed by atoms with Crippen LogP contribution in [0.5, 0.6) is 0 Å². The lowest BCUT2D eigenvalue weighted by Gasteiger charge is -2.26. The molecule has 0 atom stereocenters. The zero-order valence-corrected chi connectivity index (χ0v) is 26.0. The van der Waals surface area contributed by atoms with Crippen molar-refractivity contribution >= 4 is 27.8 Å². The summed E-state index contributed by atoms with van der Waals surface area (Å²) in [5, 5.41) is 2.53. The Morgan fingerprint density at radius 3 is 1.40 bits per heavy atom. The summed E-state index contributed by atoms with van der Waals surface area (Å²) in [5.41, 5.74) is 13.0. The van der Waals surface area contributed by atoms with Gasteiger partial charge in [0.2, 0.25) is 0 Å². The van der Waals surface area contributed by atoms with Crippen LogP contribution in [0.3, 0.4) is 0 Å². The highest BCUT2D eigenvalue weighted by atomic mass is 15.1. The SMILES string of the molecule is c1ccc(-c2ccccc2-c2cccc(N(c3ccccc3)c3ccc(-c4ccc(-c5ccc6ccccc6c5)cc4)cc3)c2)cc1. The third-order valence-corrected chi connectivity index (χ3v) is 8.87. The summed E-state index contributed by atoms with van der Waals surface area (Å²) in [6, 6.07) is 71.8. The third kappa shape index (κ3) is 5.83. The van der Waals surface area contributed by atoms with Gasteiger partial charge in [-0.05, 0) is 97.7 Å². The predicted octanol–water partition coefficient (Wildman–Crippen LogP) is 13.0. The summed E-state index contributed by atoms with van der Waals surface area (Å²) in [4.78, 5) is 2.33. The van der Waals surface area contributed by atoms with Crippen LogP contribution >= 0.6 is 0 Å². The lowest BCUT2D eigenvalue weighted by atomic mass is 9.94. The quantitative estimate of drug-likeness (QED) is 0.176. The van der Waals surface area contributed by atoms with Gasteiger partial charge in [0, 0.05) is 17.1 Å². The Bertz CT molecular complexity index is 2270. The number of anilines is 3. The van der Waals surface area contributed by atoms with Gasteiger partial charge in [0.05, 0.1) is 0 Å².